The van der Waals surface area contributed by atoms with E-state index in [-0.39, 0.29) is 12.2 Å². The number of alkyl halides is 2. The molecule has 0 atom stereocenters. The zero-order valence-corrected chi connectivity index (χ0v) is 17.7. The lowest BCUT2D eigenvalue weighted by Gasteiger charge is -2.39. The molecule has 0 N–H and O–H groups in total. The van der Waals surface area contributed by atoms with E-state index in [1.165, 1.54) is 44.6 Å². The van der Waals surface area contributed by atoms with Crippen molar-refractivity contribution in [2.24, 2.45) is 23.7 Å². The molecule has 158 valence electrons. The highest BCUT2D eigenvalue weighted by atomic mass is 19.3. The summed E-state index contributed by atoms with van der Waals surface area (Å²) in [4.78, 5) is 0. The Bertz CT molecular complexity index is 608. The van der Waals surface area contributed by atoms with Gasteiger partial charge in [0.2, 0.25) is 0 Å². The molecule has 0 unspecified atom stereocenters. The van der Waals surface area contributed by atoms with Crippen LogP contribution in [0, 0.1) is 29.5 Å². The molecule has 0 nitrogen and oxygen atoms in total. The third kappa shape index (κ3) is 5.33. The van der Waals surface area contributed by atoms with E-state index in [0.29, 0.717) is 36.3 Å². The van der Waals surface area contributed by atoms with Crippen LogP contribution in [-0.4, -0.2) is 5.92 Å². The summed E-state index contributed by atoms with van der Waals surface area (Å²) in [5.41, 5.74) is 1.03. The molecule has 2 saturated carbocycles. The number of hydrogen-bond acceptors (Lipinski definition) is 0. The molecule has 0 aromatic heterocycles. The van der Waals surface area contributed by atoms with Gasteiger partial charge in [0.1, 0.15) is 5.82 Å². The fourth-order valence-electron chi connectivity index (χ4n) is 5.77. The van der Waals surface area contributed by atoms with Gasteiger partial charge < -0.3 is 0 Å². The summed E-state index contributed by atoms with van der Waals surface area (Å²) in [6.45, 7) is 4.14. The van der Waals surface area contributed by atoms with Gasteiger partial charge in [0.25, 0.3) is 5.92 Å². The van der Waals surface area contributed by atoms with Crippen LogP contribution in [0.4, 0.5) is 13.2 Å². The Kier molecular flexibility index (Phi) is 7.50. The van der Waals surface area contributed by atoms with Crippen molar-refractivity contribution in [2.75, 3.05) is 0 Å². The molecule has 0 heterocycles. The second-order valence-corrected chi connectivity index (χ2v) is 9.40. The van der Waals surface area contributed by atoms with Gasteiger partial charge in [0.05, 0.1) is 0 Å². The summed E-state index contributed by atoms with van der Waals surface area (Å²) in [5, 5.41) is 0. The van der Waals surface area contributed by atoms with Crippen molar-refractivity contribution in [1.29, 1.82) is 0 Å². The van der Waals surface area contributed by atoms with Gasteiger partial charge in [-0.3, -0.25) is 0 Å². The Balaban J connectivity index is 1.50. The van der Waals surface area contributed by atoms with Crippen LogP contribution in [0.3, 0.4) is 0 Å². The van der Waals surface area contributed by atoms with Crippen LogP contribution in [0.5, 0.6) is 0 Å². The maximum absolute atomic E-state index is 14.9. The molecule has 0 amide bonds. The first-order chi connectivity index (χ1) is 13.4. The van der Waals surface area contributed by atoms with E-state index in [1.54, 1.807) is 12.1 Å². The molecule has 3 heteroatoms. The van der Waals surface area contributed by atoms with Crippen molar-refractivity contribution >= 4 is 0 Å². The summed E-state index contributed by atoms with van der Waals surface area (Å²) in [6.07, 6.45) is 11.3. The highest BCUT2D eigenvalue weighted by molar-refractivity contribution is 5.25. The monoisotopic (exact) mass is 394 g/mol. The highest BCUT2D eigenvalue weighted by Crippen LogP contribution is 2.46. The Hall–Kier alpha value is -0.990. The van der Waals surface area contributed by atoms with E-state index in [1.807, 2.05) is 6.92 Å². The molecule has 0 saturated heterocycles. The maximum Gasteiger partial charge on any atom is 0.254 e. The lowest BCUT2D eigenvalue weighted by atomic mass is 9.67. The average molecular weight is 395 g/mol. The van der Waals surface area contributed by atoms with Gasteiger partial charge in [0.15, 0.2) is 0 Å². The molecular formula is C25H37F3. The summed E-state index contributed by atoms with van der Waals surface area (Å²) in [6, 6.07) is 4.65. The Morgan fingerprint density at radius 1 is 0.893 bits per heavy atom. The van der Waals surface area contributed by atoms with Crippen molar-refractivity contribution in [2.45, 2.75) is 96.8 Å². The molecule has 1 aromatic rings. The third-order valence-electron chi connectivity index (χ3n) is 7.56. The van der Waals surface area contributed by atoms with Crippen molar-refractivity contribution in [3.05, 3.63) is 35.1 Å². The number of halogens is 3. The van der Waals surface area contributed by atoms with Gasteiger partial charge in [-0.05, 0) is 79.9 Å². The number of aryl methyl sites for hydroxylation is 1. The molecule has 2 aliphatic rings. The lowest BCUT2D eigenvalue weighted by molar-refractivity contribution is -0.0777. The highest BCUT2D eigenvalue weighted by Gasteiger charge is 2.42. The molecule has 2 fully saturated rings. The van der Waals surface area contributed by atoms with E-state index < -0.39 is 11.8 Å². The Morgan fingerprint density at radius 2 is 1.50 bits per heavy atom. The zero-order valence-electron chi connectivity index (χ0n) is 17.7. The number of benzene rings is 1. The number of hydrogen-bond donors (Lipinski definition) is 0. The predicted molar refractivity (Wildman–Crippen MR) is 110 cm³/mol. The first-order valence-electron chi connectivity index (χ1n) is 11.6. The number of rotatable bonds is 7. The first kappa shape index (κ1) is 21.7. The van der Waals surface area contributed by atoms with E-state index in [0.717, 1.165) is 24.7 Å². The Morgan fingerprint density at radius 3 is 2.04 bits per heavy atom. The van der Waals surface area contributed by atoms with Crippen molar-refractivity contribution in [1.82, 2.24) is 0 Å². The SMILES string of the molecule is CCCC1CCC(C2CCC(C(F)(F)Cc3ccc(CC)c(F)c3)CC2)CC1. The minimum absolute atomic E-state index is 0.328. The topological polar surface area (TPSA) is 0 Å². The quantitative estimate of drug-likeness (QED) is 0.440. The molecule has 1 aromatic carbocycles. The van der Waals surface area contributed by atoms with Crippen LogP contribution in [0.2, 0.25) is 0 Å². The van der Waals surface area contributed by atoms with Gasteiger partial charge >= 0.3 is 0 Å². The largest absolute Gasteiger partial charge is 0.254 e. The lowest BCUT2D eigenvalue weighted by Crippen LogP contribution is -2.35. The first-order valence-corrected chi connectivity index (χ1v) is 11.6. The minimum atomic E-state index is -2.73. The smallest absolute Gasteiger partial charge is 0.207 e. The van der Waals surface area contributed by atoms with Gasteiger partial charge in [-0.1, -0.05) is 51.7 Å². The van der Waals surface area contributed by atoms with E-state index >= 15 is 0 Å². The van der Waals surface area contributed by atoms with Crippen LogP contribution in [0.15, 0.2) is 18.2 Å². The molecule has 0 aliphatic heterocycles. The van der Waals surface area contributed by atoms with Crippen LogP contribution in [0.25, 0.3) is 0 Å². The molecular weight excluding hydrogens is 357 g/mol. The van der Waals surface area contributed by atoms with Gasteiger partial charge in [-0.2, -0.15) is 0 Å². The van der Waals surface area contributed by atoms with Gasteiger partial charge in [-0.25, -0.2) is 13.2 Å². The van der Waals surface area contributed by atoms with Crippen LogP contribution >= 0.6 is 0 Å². The van der Waals surface area contributed by atoms with Crippen LogP contribution in [0.1, 0.15) is 89.2 Å². The molecule has 0 radical (unpaired) electrons. The standard InChI is InChI=1S/C25H37F3/c1-3-5-18-6-10-21(11-7-18)22-12-14-23(15-13-22)25(27,28)17-19-8-9-20(4-2)24(26)16-19/h8-9,16,18,21-23H,3-7,10-15,17H2,1-2H3. The normalized spacial score (nSPS) is 29.0. The van der Waals surface area contributed by atoms with E-state index in [2.05, 4.69) is 6.92 Å². The molecule has 28 heavy (non-hydrogen) atoms. The van der Waals surface area contributed by atoms with Gasteiger partial charge in [-0.15, -0.1) is 0 Å². The Labute approximate surface area is 169 Å². The summed E-state index contributed by atoms with van der Waals surface area (Å²) < 4.78 is 43.7. The molecule has 2 aliphatic carbocycles. The summed E-state index contributed by atoms with van der Waals surface area (Å²) in [5.74, 6) is -1.31. The molecule has 3 rings (SSSR count). The van der Waals surface area contributed by atoms with Crippen molar-refractivity contribution < 1.29 is 13.2 Å². The fraction of sp³-hybridized carbons (Fsp3) is 0.760. The fourth-order valence-corrected chi connectivity index (χ4v) is 5.77. The molecule has 0 spiro atoms. The van der Waals surface area contributed by atoms with Crippen LogP contribution in [-0.2, 0) is 12.8 Å². The van der Waals surface area contributed by atoms with Crippen molar-refractivity contribution in [3.63, 3.8) is 0 Å². The average Bonchev–Trinajstić information content (AvgIpc) is 2.69. The van der Waals surface area contributed by atoms with Gasteiger partial charge in [0, 0.05) is 12.3 Å². The minimum Gasteiger partial charge on any atom is -0.207 e. The second-order valence-electron chi connectivity index (χ2n) is 9.40. The van der Waals surface area contributed by atoms with Crippen molar-refractivity contribution in [3.8, 4) is 0 Å². The maximum atomic E-state index is 14.9. The van der Waals surface area contributed by atoms with E-state index in [9.17, 15) is 13.2 Å². The second kappa shape index (κ2) is 9.67. The zero-order chi connectivity index (χ0) is 20.1. The summed E-state index contributed by atoms with van der Waals surface area (Å²) in [7, 11) is 0. The molecule has 0 bridgehead atoms. The summed E-state index contributed by atoms with van der Waals surface area (Å²) >= 11 is 0. The third-order valence-corrected chi connectivity index (χ3v) is 7.56. The van der Waals surface area contributed by atoms with Crippen LogP contribution < -0.4 is 0 Å². The van der Waals surface area contributed by atoms with E-state index in [4.69, 9.17) is 0 Å². The predicted octanol–water partition coefficient (Wildman–Crippen LogP) is 7.98.